The van der Waals surface area contributed by atoms with E-state index in [9.17, 15) is 4.79 Å². The maximum atomic E-state index is 12.3. The van der Waals surface area contributed by atoms with E-state index in [2.05, 4.69) is 31.4 Å². The third-order valence-corrected chi connectivity index (χ3v) is 5.31. The molecule has 1 amide bonds. The molecule has 6 nitrogen and oxygen atoms in total. The lowest BCUT2D eigenvalue weighted by atomic mass is 10.2. The number of anilines is 1. The van der Waals surface area contributed by atoms with Crippen LogP contribution >= 0.6 is 27.3 Å². The molecule has 28 heavy (non-hydrogen) atoms. The van der Waals surface area contributed by atoms with Gasteiger partial charge in [0.15, 0.2) is 5.13 Å². The van der Waals surface area contributed by atoms with E-state index in [1.807, 2.05) is 55.5 Å². The zero-order chi connectivity index (χ0) is 19.9. The number of carbonyl (C=O) groups excluding carboxylic acids is 1. The highest BCUT2D eigenvalue weighted by Crippen LogP contribution is 2.21. The largest absolute Gasteiger partial charge is 0.488 e. The number of hydrogen-bond acceptors (Lipinski definition) is 6. The molecule has 0 aliphatic carbocycles. The van der Waals surface area contributed by atoms with E-state index >= 15 is 0 Å². The minimum Gasteiger partial charge on any atom is -0.488 e. The Labute approximate surface area is 175 Å². The smallest absolute Gasteiger partial charge is 0.283 e. The summed E-state index contributed by atoms with van der Waals surface area (Å²) in [4.78, 5) is 16.9. The molecule has 0 aliphatic heterocycles. The van der Waals surface area contributed by atoms with E-state index in [4.69, 9.17) is 10.5 Å². The predicted octanol–water partition coefficient (Wildman–Crippen LogP) is 4.39. The number of nitrogens with zero attached hydrogens (tertiary/aromatic N) is 2. The molecule has 0 unspecified atom stereocenters. The van der Waals surface area contributed by atoms with Crippen molar-refractivity contribution in [3.63, 3.8) is 0 Å². The van der Waals surface area contributed by atoms with Crippen LogP contribution in [-0.2, 0) is 13.0 Å². The van der Waals surface area contributed by atoms with Crippen LogP contribution < -0.4 is 15.9 Å². The number of amides is 1. The maximum absolute atomic E-state index is 12.3. The van der Waals surface area contributed by atoms with Crippen molar-refractivity contribution in [3.05, 3.63) is 74.7 Å². The molecule has 0 saturated heterocycles. The standard InChI is InChI=1S/C20H19BrN4O2S/c1-2-16-18(28-20(22)24-16)19(26)25-23-11-14-5-3-4-6-17(14)27-12-13-7-9-15(21)10-8-13/h3-11H,2,12H2,1H3,(H2,22,24)(H,25,26). The fourth-order valence-corrected chi connectivity index (χ4v) is 3.53. The molecule has 1 heterocycles. The Kier molecular flexibility index (Phi) is 6.78. The first-order valence-corrected chi connectivity index (χ1v) is 10.2. The molecule has 0 bridgehead atoms. The van der Waals surface area contributed by atoms with Crippen molar-refractivity contribution >= 4 is 44.5 Å². The van der Waals surface area contributed by atoms with Crippen molar-refractivity contribution in [1.29, 1.82) is 0 Å². The van der Waals surface area contributed by atoms with E-state index in [0.29, 0.717) is 34.5 Å². The molecule has 0 radical (unpaired) electrons. The zero-order valence-corrected chi connectivity index (χ0v) is 17.6. The van der Waals surface area contributed by atoms with Gasteiger partial charge in [0.05, 0.1) is 11.9 Å². The van der Waals surface area contributed by atoms with Crippen LogP contribution in [0.4, 0.5) is 5.13 Å². The molecule has 2 aromatic carbocycles. The molecular formula is C20H19BrN4O2S. The van der Waals surface area contributed by atoms with Crippen molar-refractivity contribution in [1.82, 2.24) is 10.4 Å². The Balaban J connectivity index is 1.65. The lowest BCUT2D eigenvalue weighted by molar-refractivity contribution is 0.0958. The number of halogens is 1. The van der Waals surface area contributed by atoms with Crippen molar-refractivity contribution in [2.45, 2.75) is 20.0 Å². The summed E-state index contributed by atoms with van der Waals surface area (Å²) < 4.78 is 6.92. The minimum atomic E-state index is -0.324. The Morgan fingerprint density at radius 2 is 2.04 bits per heavy atom. The average Bonchev–Trinajstić information content (AvgIpc) is 3.09. The van der Waals surface area contributed by atoms with Crippen molar-refractivity contribution < 1.29 is 9.53 Å². The number of aryl methyl sites for hydroxylation is 1. The number of aromatic nitrogens is 1. The van der Waals surface area contributed by atoms with Gasteiger partial charge < -0.3 is 10.5 Å². The van der Waals surface area contributed by atoms with Gasteiger partial charge in [0.1, 0.15) is 17.2 Å². The third-order valence-electron chi connectivity index (χ3n) is 3.85. The maximum Gasteiger partial charge on any atom is 0.283 e. The van der Waals surface area contributed by atoms with Crippen LogP contribution in [-0.4, -0.2) is 17.1 Å². The third kappa shape index (κ3) is 5.17. The molecule has 8 heteroatoms. The second-order valence-corrected chi connectivity index (χ2v) is 7.78. The summed E-state index contributed by atoms with van der Waals surface area (Å²) >= 11 is 4.57. The van der Waals surface area contributed by atoms with Gasteiger partial charge in [0.2, 0.25) is 0 Å². The molecular weight excluding hydrogens is 440 g/mol. The lowest BCUT2D eigenvalue weighted by Gasteiger charge is -2.09. The molecule has 0 atom stereocenters. The molecule has 0 fully saturated rings. The molecule has 0 saturated carbocycles. The van der Waals surface area contributed by atoms with Gasteiger partial charge in [-0.1, -0.05) is 58.5 Å². The molecule has 0 aliphatic rings. The number of ether oxygens (including phenoxy) is 1. The van der Waals surface area contributed by atoms with E-state index in [0.717, 1.165) is 26.9 Å². The van der Waals surface area contributed by atoms with E-state index in [1.165, 1.54) is 0 Å². The summed E-state index contributed by atoms with van der Waals surface area (Å²) in [7, 11) is 0. The monoisotopic (exact) mass is 458 g/mol. The number of benzene rings is 2. The van der Waals surface area contributed by atoms with Crippen LogP contribution in [0.2, 0.25) is 0 Å². The summed E-state index contributed by atoms with van der Waals surface area (Å²) in [5.41, 5.74) is 10.7. The summed E-state index contributed by atoms with van der Waals surface area (Å²) in [5.74, 6) is 0.357. The summed E-state index contributed by atoms with van der Waals surface area (Å²) in [6, 6.07) is 15.4. The van der Waals surface area contributed by atoms with Gasteiger partial charge in [-0.2, -0.15) is 5.10 Å². The number of rotatable bonds is 7. The second-order valence-electron chi connectivity index (χ2n) is 5.83. The van der Waals surface area contributed by atoms with Crippen molar-refractivity contribution in [2.24, 2.45) is 5.10 Å². The first kappa shape index (κ1) is 20.0. The number of nitrogens with two attached hydrogens (primary N) is 1. The number of nitrogen functional groups attached to an aromatic ring is 1. The first-order valence-electron chi connectivity index (χ1n) is 8.61. The van der Waals surface area contributed by atoms with Crippen molar-refractivity contribution in [3.8, 4) is 5.75 Å². The minimum absolute atomic E-state index is 0.324. The Morgan fingerprint density at radius 1 is 1.29 bits per heavy atom. The lowest BCUT2D eigenvalue weighted by Crippen LogP contribution is -2.17. The van der Waals surface area contributed by atoms with Gasteiger partial charge in [-0.3, -0.25) is 4.79 Å². The number of thiazole rings is 1. The summed E-state index contributed by atoms with van der Waals surface area (Å²) in [6.07, 6.45) is 2.19. The van der Waals surface area contributed by atoms with E-state index < -0.39 is 0 Å². The van der Waals surface area contributed by atoms with Gasteiger partial charge in [-0.25, -0.2) is 10.4 Å². The van der Waals surface area contributed by atoms with Gasteiger partial charge in [0, 0.05) is 10.0 Å². The number of para-hydroxylation sites is 1. The Bertz CT molecular complexity index is 986. The number of hydrazone groups is 1. The van der Waals surface area contributed by atoms with E-state index in [-0.39, 0.29) is 5.91 Å². The molecule has 3 rings (SSSR count). The highest BCUT2D eigenvalue weighted by Gasteiger charge is 2.15. The average molecular weight is 459 g/mol. The Hall–Kier alpha value is -2.71. The number of nitrogens with one attached hydrogen (secondary N) is 1. The summed E-state index contributed by atoms with van der Waals surface area (Å²) in [6.45, 7) is 2.36. The molecule has 3 aromatic rings. The topological polar surface area (TPSA) is 89.6 Å². The number of carbonyl (C=O) groups is 1. The molecule has 3 N–H and O–H groups in total. The fraction of sp³-hybridized carbons (Fsp3) is 0.150. The highest BCUT2D eigenvalue weighted by molar-refractivity contribution is 9.10. The van der Waals surface area contributed by atoms with Crippen LogP contribution in [0.25, 0.3) is 0 Å². The van der Waals surface area contributed by atoms with Crippen LogP contribution in [0, 0.1) is 0 Å². The van der Waals surface area contributed by atoms with Gasteiger partial charge in [0.25, 0.3) is 5.91 Å². The van der Waals surface area contributed by atoms with Crippen molar-refractivity contribution in [2.75, 3.05) is 5.73 Å². The van der Waals surface area contributed by atoms with E-state index in [1.54, 1.807) is 6.21 Å². The molecule has 1 aromatic heterocycles. The normalized spacial score (nSPS) is 10.9. The predicted molar refractivity (Wildman–Crippen MR) is 116 cm³/mol. The van der Waals surface area contributed by atoms with Gasteiger partial charge in [-0.05, 0) is 36.2 Å². The first-order chi connectivity index (χ1) is 13.6. The van der Waals surface area contributed by atoms with Gasteiger partial charge >= 0.3 is 0 Å². The fourth-order valence-electron chi connectivity index (χ4n) is 2.46. The van der Waals surface area contributed by atoms with Gasteiger partial charge in [-0.15, -0.1) is 0 Å². The Morgan fingerprint density at radius 3 is 2.79 bits per heavy atom. The van der Waals surface area contributed by atoms with Crippen LogP contribution in [0.3, 0.4) is 0 Å². The highest BCUT2D eigenvalue weighted by atomic mass is 79.9. The summed E-state index contributed by atoms with van der Waals surface area (Å²) in [5, 5.41) is 4.43. The van der Waals surface area contributed by atoms with Crippen LogP contribution in [0.5, 0.6) is 5.75 Å². The zero-order valence-electron chi connectivity index (χ0n) is 15.2. The second kappa shape index (κ2) is 9.48. The molecule has 0 spiro atoms. The van der Waals surface area contributed by atoms with Crippen LogP contribution in [0.15, 0.2) is 58.1 Å². The SMILES string of the molecule is CCc1nc(N)sc1C(=O)NN=Cc1ccccc1OCc1ccc(Br)cc1. The molecule has 144 valence electrons. The van der Waals surface area contributed by atoms with Crippen LogP contribution in [0.1, 0.15) is 33.4 Å². The quantitative estimate of drug-likeness (QED) is 0.405. The number of hydrogen-bond donors (Lipinski definition) is 2.